The van der Waals surface area contributed by atoms with Crippen LogP contribution in [-0.2, 0) is 18.8 Å². The molecule has 0 bridgehead atoms. The molecular weight excluding hydrogens is 981 g/mol. The summed E-state index contributed by atoms with van der Waals surface area (Å²) in [5.74, 6) is 0. The molecule has 6 aromatic carbocycles. The van der Waals surface area contributed by atoms with E-state index in [2.05, 4.69) is 6.07 Å². The van der Waals surface area contributed by atoms with Gasteiger partial charge in [0.25, 0.3) is 0 Å². The highest BCUT2D eigenvalue weighted by Crippen LogP contribution is 2.44. The lowest BCUT2D eigenvalue weighted by atomic mass is 9.92. The number of alkyl halides is 12. The maximum Gasteiger partial charge on any atom is 0.416 e. The number of fused-ring (bicyclic) bond motifs is 6. The van der Waals surface area contributed by atoms with Crippen LogP contribution in [0.5, 0.6) is 0 Å². The number of para-hydroxylation sites is 1. The summed E-state index contributed by atoms with van der Waals surface area (Å²) in [4.78, 5) is 4.96. The minimum atomic E-state index is -5.14. The van der Waals surface area contributed by atoms with E-state index in [-0.39, 0.29) is 45.3 Å². The van der Waals surface area contributed by atoms with Crippen LogP contribution in [0.3, 0.4) is 0 Å². The second kappa shape index (κ2) is 17.3. The summed E-state index contributed by atoms with van der Waals surface area (Å²) < 4.78 is 175. The number of pyridine rings is 1. The topological polar surface area (TPSA) is 46.5 Å². The van der Waals surface area contributed by atoms with Crippen LogP contribution >= 0.6 is 0 Å². The molecule has 0 saturated heterocycles. The number of hydrogen-bond donors (Lipinski definition) is 0. The van der Waals surface area contributed by atoms with Crippen molar-refractivity contribution in [1.82, 2.24) is 14.1 Å². The molecule has 0 amide bonds. The Morgan fingerprint density at radius 3 is 1.88 bits per heavy atom. The molecule has 368 valence electrons. The zero-order valence-corrected chi connectivity index (χ0v) is 37.9. The maximum absolute atomic E-state index is 14.3. The zero-order chi connectivity index (χ0) is 52.1. The van der Waals surface area contributed by atoms with E-state index in [1.807, 2.05) is 36.4 Å². The maximum atomic E-state index is 14.3. The van der Waals surface area contributed by atoms with E-state index in [0.29, 0.717) is 85.3 Å². The molecule has 0 spiro atoms. The summed E-state index contributed by atoms with van der Waals surface area (Å²) in [5.41, 5.74) is -1.91. The quantitative estimate of drug-likeness (QED) is 0.161. The van der Waals surface area contributed by atoms with Crippen LogP contribution in [0.4, 0.5) is 52.7 Å². The minimum Gasteiger partial charge on any atom is -0.307 e. The van der Waals surface area contributed by atoms with Gasteiger partial charge in [-0.05, 0) is 113 Å². The van der Waals surface area contributed by atoms with Crippen molar-refractivity contribution in [3.8, 4) is 51.1 Å². The van der Waals surface area contributed by atoms with Gasteiger partial charge in [-0.25, -0.2) is 4.98 Å². The second-order valence-electron chi connectivity index (χ2n) is 17.8. The van der Waals surface area contributed by atoms with Crippen molar-refractivity contribution < 1.29 is 52.7 Å². The Balaban J connectivity index is 1.26. The molecule has 0 aliphatic heterocycles. The van der Waals surface area contributed by atoms with Gasteiger partial charge < -0.3 is 9.13 Å². The van der Waals surface area contributed by atoms with Crippen molar-refractivity contribution in [2.24, 2.45) is 0 Å². The molecular formula is C58H32F12N4. The fraction of sp³-hybridized carbons (Fsp3) is 0.103. The molecule has 4 nitrogen and oxygen atoms in total. The van der Waals surface area contributed by atoms with Gasteiger partial charge in [-0.3, -0.25) is 0 Å². The highest BCUT2D eigenvalue weighted by molar-refractivity contribution is 6.10. The molecule has 0 fully saturated rings. The van der Waals surface area contributed by atoms with Gasteiger partial charge in [0, 0.05) is 39.3 Å². The zero-order valence-electron chi connectivity index (χ0n) is 37.9. The number of benzene rings is 6. The lowest BCUT2D eigenvalue weighted by molar-refractivity contribution is -0.143. The van der Waals surface area contributed by atoms with Crippen LogP contribution < -0.4 is 10.6 Å². The number of allylic oxidation sites excluding steroid dienone is 6. The summed E-state index contributed by atoms with van der Waals surface area (Å²) in [6.45, 7) is 0. The molecule has 9 aromatic rings. The molecule has 3 aromatic heterocycles. The molecule has 2 aliphatic rings. The number of halogens is 12. The molecule has 0 saturated carbocycles. The van der Waals surface area contributed by atoms with Crippen LogP contribution in [0.25, 0.3) is 89.4 Å². The first kappa shape index (κ1) is 47.7. The molecule has 2 aliphatic carbocycles. The Labute approximate surface area is 411 Å². The van der Waals surface area contributed by atoms with Gasteiger partial charge >= 0.3 is 24.7 Å². The Bertz CT molecular complexity index is 4050. The van der Waals surface area contributed by atoms with Crippen molar-refractivity contribution in [2.75, 3.05) is 0 Å². The molecule has 0 radical (unpaired) electrons. The van der Waals surface area contributed by atoms with Crippen LogP contribution in [0.15, 0.2) is 175 Å². The van der Waals surface area contributed by atoms with Gasteiger partial charge in [0.1, 0.15) is 0 Å². The SMILES string of the molecule is N#Cc1cc(-n2c3ccccc3c3ccc(-c4cc(C(F)(F)F)cc(C(F)(F)F)c4)cc32)c(-n2c3c(c4ccc(=C5C=C(C(F)(F)F)C=C(C(F)(F)F)C5)cc42)CC=CC=3)cc1-c1cccc(-c2ccccc2)n1. The monoisotopic (exact) mass is 1010 g/mol. The third-order valence-corrected chi connectivity index (χ3v) is 13.3. The van der Waals surface area contributed by atoms with Crippen molar-refractivity contribution in [1.29, 1.82) is 5.26 Å². The third kappa shape index (κ3) is 8.41. The van der Waals surface area contributed by atoms with E-state index in [4.69, 9.17) is 4.98 Å². The molecule has 3 heterocycles. The van der Waals surface area contributed by atoms with Gasteiger partial charge in [-0.15, -0.1) is 0 Å². The van der Waals surface area contributed by atoms with Crippen LogP contribution in [-0.4, -0.2) is 26.5 Å². The van der Waals surface area contributed by atoms with Gasteiger partial charge in [0.15, 0.2) is 0 Å². The number of nitrogens with zero attached hydrogens (tertiary/aromatic N) is 4. The Morgan fingerprint density at radius 2 is 1.18 bits per heavy atom. The fourth-order valence-corrected chi connectivity index (χ4v) is 9.95. The summed E-state index contributed by atoms with van der Waals surface area (Å²) in [6, 6.07) is 37.5. The fourth-order valence-electron chi connectivity index (χ4n) is 9.95. The van der Waals surface area contributed by atoms with Crippen LogP contribution in [0, 0.1) is 11.3 Å². The standard InChI is InChI=1S/C58H32F12N4/c59-55(60,61)38-21-35(22-39(28-38)56(62,63)64)33-17-19-44-42-11-4-6-15-49(42)73(51(44)25-33)53-27-37(31-71)46(48-14-8-13-47(72-48)32-9-2-1-3-10-32)30-54(53)74-50-16-7-5-12-43(50)45-20-18-34(26-52(45)74)36-23-40(57(65,66)67)29-41(24-36)58(68,69)70/h1-11,13-23,25-30H,12,24H2. The van der Waals surface area contributed by atoms with E-state index in [1.54, 1.807) is 88.0 Å². The summed E-state index contributed by atoms with van der Waals surface area (Å²) in [5, 5.41) is 13.4. The summed E-state index contributed by atoms with van der Waals surface area (Å²) in [6.07, 6.45) is -14.7. The van der Waals surface area contributed by atoms with Gasteiger partial charge in [-0.2, -0.15) is 57.9 Å². The van der Waals surface area contributed by atoms with Crippen molar-refractivity contribution >= 4 is 44.4 Å². The molecule has 0 N–H and O–H groups in total. The highest BCUT2D eigenvalue weighted by Gasteiger charge is 2.41. The molecule has 0 atom stereocenters. The van der Waals surface area contributed by atoms with Crippen molar-refractivity contribution in [2.45, 2.75) is 37.5 Å². The van der Waals surface area contributed by atoms with Crippen molar-refractivity contribution in [3.05, 3.63) is 208 Å². The predicted octanol–water partition coefficient (Wildman–Crippen LogP) is 15.5. The Hall–Kier alpha value is -8.58. The second-order valence-corrected chi connectivity index (χ2v) is 17.8. The molecule has 16 heteroatoms. The van der Waals surface area contributed by atoms with E-state index >= 15 is 0 Å². The largest absolute Gasteiger partial charge is 0.416 e. The first-order valence-electron chi connectivity index (χ1n) is 22.7. The first-order valence-corrected chi connectivity index (χ1v) is 22.7. The van der Waals surface area contributed by atoms with E-state index in [1.165, 1.54) is 24.3 Å². The highest BCUT2D eigenvalue weighted by atomic mass is 19.4. The summed E-state index contributed by atoms with van der Waals surface area (Å²) >= 11 is 0. The average molecular weight is 1010 g/mol. The third-order valence-electron chi connectivity index (χ3n) is 13.3. The normalized spacial score (nSPS) is 15.0. The van der Waals surface area contributed by atoms with E-state index in [9.17, 15) is 57.9 Å². The van der Waals surface area contributed by atoms with Crippen LogP contribution in [0.1, 0.15) is 28.7 Å². The van der Waals surface area contributed by atoms with Crippen molar-refractivity contribution in [3.63, 3.8) is 0 Å². The predicted molar refractivity (Wildman–Crippen MR) is 259 cm³/mol. The first-order chi connectivity index (χ1) is 35.2. The van der Waals surface area contributed by atoms with Gasteiger partial charge in [0.2, 0.25) is 0 Å². The van der Waals surface area contributed by atoms with E-state index < -0.39 is 53.4 Å². The number of hydrogen-bond acceptors (Lipinski definition) is 2. The minimum absolute atomic E-state index is 0.00581. The van der Waals surface area contributed by atoms with Crippen LogP contribution in [0.2, 0.25) is 0 Å². The Kier molecular flexibility index (Phi) is 11.2. The van der Waals surface area contributed by atoms with Gasteiger partial charge in [0.05, 0.1) is 73.0 Å². The lowest BCUT2D eigenvalue weighted by Crippen LogP contribution is -2.22. The molecule has 0 unspecified atom stereocenters. The van der Waals surface area contributed by atoms with E-state index in [0.717, 1.165) is 11.1 Å². The Morgan fingerprint density at radius 1 is 0.514 bits per heavy atom. The number of aromatic nitrogens is 3. The average Bonchev–Trinajstić information content (AvgIpc) is 3.89. The number of rotatable bonds is 5. The molecule has 74 heavy (non-hydrogen) atoms. The molecule has 11 rings (SSSR count). The number of nitriles is 1. The van der Waals surface area contributed by atoms with Gasteiger partial charge in [-0.1, -0.05) is 91.0 Å². The lowest BCUT2D eigenvalue weighted by Gasteiger charge is -2.21. The summed E-state index contributed by atoms with van der Waals surface area (Å²) in [7, 11) is 0. The smallest absolute Gasteiger partial charge is 0.307 e.